The van der Waals surface area contributed by atoms with Gasteiger partial charge in [0.2, 0.25) is 0 Å². The van der Waals surface area contributed by atoms with E-state index in [9.17, 15) is 9.59 Å². The minimum Gasteiger partial charge on any atom is -0.454 e. The molecule has 1 aliphatic rings. The van der Waals surface area contributed by atoms with Crippen LogP contribution in [0.15, 0.2) is 48.5 Å². The summed E-state index contributed by atoms with van der Waals surface area (Å²) in [6.07, 6.45) is 0.287. The van der Waals surface area contributed by atoms with Crippen LogP contribution in [0.2, 0.25) is 0 Å². The van der Waals surface area contributed by atoms with Crippen molar-refractivity contribution in [3.8, 4) is 0 Å². The first kappa shape index (κ1) is 16.2. The molecule has 2 aromatic rings. The van der Waals surface area contributed by atoms with Crippen molar-refractivity contribution in [2.75, 3.05) is 13.1 Å². The molecule has 0 bridgehead atoms. The van der Waals surface area contributed by atoms with E-state index in [-0.39, 0.29) is 18.0 Å². The van der Waals surface area contributed by atoms with E-state index in [1.165, 1.54) is 0 Å². The highest BCUT2D eigenvalue weighted by atomic mass is 16.5. The van der Waals surface area contributed by atoms with Gasteiger partial charge in [0.15, 0.2) is 0 Å². The number of rotatable bonds is 4. The van der Waals surface area contributed by atoms with E-state index in [2.05, 4.69) is 0 Å². The second-order valence-corrected chi connectivity index (χ2v) is 5.86. The van der Waals surface area contributed by atoms with Crippen LogP contribution in [-0.2, 0) is 11.2 Å². The van der Waals surface area contributed by atoms with Gasteiger partial charge in [0.05, 0.1) is 5.56 Å². The van der Waals surface area contributed by atoms with Crippen molar-refractivity contribution in [3.63, 3.8) is 0 Å². The Bertz CT molecular complexity index is 751. The van der Waals surface area contributed by atoms with Gasteiger partial charge in [0.1, 0.15) is 6.10 Å². The maximum atomic E-state index is 12.5. The predicted molar refractivity (Wildman–Crippen MR) is 92.0 cm³/mol. The Morgan fingerprint density at radius 1 is 1.12 bits per heavy atom. The van der Waals surface area contributed by atoms with Crippen molar-refractivity contribution >= 4 is 11.9 Å². The van der Waals surface area contributed by atoms with E-state index in [4.69, 9.17) is 4.74 Å². The van der Waals surface area contributed by atoms with Gasteiger partial charge < -0.3 is 9.64 Å². The van der Waals surface area contributed by atoms with Gasteiger partial charge in [-0.15, -0.1) is 0 Å². The highest BCUT2D eigenvalue weighted by molar-refractivity contribution is 5.97. The molecule has 0 radical (unpaired) electrons. The second kappa shape index (κ2) is 6.87. The number of benzene rings is 2. The summed E-state index contributed by atoms with van der Waals surface area (Å²) < 4.78 is 5.55. The van der Waals surface area contributed by atoms with E-state index in [0.717, 1.165) is 11.1 Å². The first-order valence-electron chi connectivity index (χ1n) is 8.32. The van der Waals surface area contributed by atoms with Gasteiger partial charge in [-0.3, -0.25) is 4.79 Å². The Hall–Kier alpha value is -2.62. The summed E-state index contributed by atoms with van der Waals surface area (Å²) in [5.41, 5.74) is 3.02. The monoisotopic (exact) mass is 323 g/mol. The van der Waals surface area contributed by atoms with Crippen molar-refractivity contribution in [2.24, 2.45) is 0 Å². The molecule has 3 rings (SSSR count). The fourth-order valence-corrected chi connectivity index (χ4v) is 3.08. The molecule has 1 aliphatic heterocycles. The number of hydrogen-bond donors (Lipinski definition) is 0. The van der Waals surface area contributed by atoms with E-state index in [1.54, 1.807) is 17.0 Å². The molecule has 4 nitrogen and oxygen atoms in total. The third-order valence-corrected chi connectivity index (χ3v) is 4.45. The highest BCUT2D eigenvalue weighted by Gasteiger charge is 2.28. The molecule has 4 heteroatoms. The third-order valence-electron chi connectivity index (χ3n) is 4.45. The van der Waals surface area contributed by atoms with Crippen LogP contribution in [0.25, 0.3) is 0 Å². The van der Waals surface area contributed by atoms with Crippen LogP contribution in [0.4, 0.5) is 0 Å². The molecule has 24 heavy (non-hydrogen) atoms. The van der Waals surface area contributed by atoms with Crippen LogP contribution in [0.3, 0.4) is 0 Å². The third kappa shape index (κ3) is 3.04. The van der Waals surface area contributed by atoms with Crippen molar-refractivity contribution < 1.29 is 14.3 Å². The molecular weight excluding hydrogens is 302 g/mol. The van der Waals surface area contributed by atoms with E-state index < -0.39 is 0 Å². The maximum absolute atomic E-state index is 12.5. The lowest BCUT2D eigenvalue weighted by Gasteiger charge is -2.26. The zero-order valence-corrected chi connectivity index (χ0v) is 14.0. The van der Waals surface area contributed by atoms with Gasteiger partial charge >= 0.3 is 5.97 Å². The Morgan fingerprint density at radius 2 is 1.83 bits per heavy atom. The fraction of sp³-hybridized carbons (Fsp3) is 0.300. The summed E-state index contributed by atoms with van der Waals surface area (Å²) in [6.45, 7) is 5.26. The van der Waals surface area contributed by atoms with Crippen LogP contribution in [-0.4, -0.2) is 29.9 Å². The molecular formula is C20H21NO3. The van der Waals surface area contributed by atoms with Gasteiger partial charge in [-0.2, -0.15) is 0 Å². The largest absolute Gasteiger partial charge is 0.454 e. The zero-order valence-electron chi connectivity index (χ0n) is 14.0. The molecule has 0 aliphatic carbocycles. The van der Waals surface area contributed by atoms with Crippen molar-refractivity contribution in [3.05, 3.63) is 70.8 Å². The van der Waals surface area contributed by atoms with Crippen LogP contribution in [0, 0.1) is 0 Å². The lowest BCUT2D eigenvalue weighted by atomic mass is 9.93. The highest BCUT2D eigenvalue weighted by Crippen LogP contribution is 2.31. The average Bonchev–Trinajstić information content (AvgIpc) is 2.63. The summed E-state index contributed by atoms with van der Waals surface area (Å²) in [5, 5.41) is 0. The minimum absolute atomic E-state index is 0.00185. The summed E-state index contributed by atoms with van der Waals surface area (Å²) in [6, 6.07) is 15.0. The van der Waals surface area contributed by atoms with Gasteiger partial charge in [-0.05, 0) is 43.2 Å². The summed E-state index contributed by atoms with van der Waals surface area (Å²) in [4.78, 5) is 26.6. The quantitative estimate of drug-likeness (QED) is 0.807. The molecule has 0 fully saturated rings. The molecule has 0 aromatic heterocycles. The number of cyclic esters (lactones) is 1. The molecule has 1 unspecified atom stereocenters. The number of carbonyl (C=O) groups excluding carboxylic acids is 2. The molecule has 124 valence electrons. The summed E-state index contributed by atoms with van der Waals surface area (Å²) >= 11 is 0. The van der Waals surface area contributed by atoms with Crippen LogP contribution >= 0.6 is 0 Å². The number of nitrogens with zero attached hydrogens (tertiary/aromatic N) is 1. The van der Waals surface area contributed by atoms with Gasteiger partial charge in [0, 0.05) is 25.1 Å². The molecule has 2 aromatic carbocycles. The smallest absolute Gasteiger partial charge is 0.339 e. The molecule has 0 saturated carbocycles. The Labute approximate surface area is 142 Å². The van der Waals surface area contributed by atoms with Gasteiger partial charge in [-0.1, -0.05) is 30.3 Å². The number of carbonyl (C=O) groups is 2. The van der Waals surface area contributed by atoms with Gasteiger partial charge in [-0.25, -0.2) is 4.79 Å². The first-order chi connectivity index (χ1) is 11.6. The van der Waals surface area contributed by atoms with E-state index >= 15 is 0 Å². The lowest BCUT2D eigenvalue weighted by Crippen LogP contribution is -2.31. The topological polar surface area (TPSA) is 46.6 Å². The lowest BCUT2D eigenvalue weighted by molar-refractivity contribution is 0.0252. The van der Waals surface area contributed by atoms with Crippen molar-refractivity contribution in [2.45, 2.75) is 26.4 Å². The molecule has 1 atom stereocenters. The van der Waals surface area contributed by atoms with Crippen molar-refractivity contribution in [1.29, 1.82) is 0 Å². The number of ether oxygens (including phenoxy) is 1. The van der Waals surface area contributed by atoms with E-state index in [0.29, 0.717) is 30.6 Å². The van der Waals surface area contributed by atoms with E-state index in [1.807, 2.05) is 50.2 Å². The zero-order chi connectivity index (χ0) is 17.1. The molecule has 0 N–H and O–H groups in total. The molecule has 1 amide bonds. The number of esters is 1. The van der Waals surface area contributed by atoms with Crippen molar-refractivity contribution in [1.82, 2.24) is 4.90 Å². The normalized spacial score (nSPS) is 16.2. The molecule has 0 saturated heterocycles. The predicted octanol–water partition coefficient (Wildman–Crippen LogP) is 3.62. The van der Waals surface area contributed by atoms with Crippen LogP contribution in [0.5, 0.6) is 0 Å². The fourth-order valence-electron chi connectivity index (χ4n) is 3.08. The average molecular weight is 323 g/mol. The first-order valence-corrected chi connectivity index (χ1v) is 8.32. The van der Waals surface area contributed by atoms with Gasteiger partial charge in [0.25, 0.3) is 5.91 Å². The molecule has 1 heterocycles. The summed E-state index contributed by atoms with van der Waals surface area (Å²) in [7, 11) is 0. The molecule has 0 spiro atoms. The second-order valence-electron chi connectivity index (χ2n) is 5.86. The Morgan fingerprint density at radius 3 is 2.50 bits per heavy atom. The Balaban J connectivity index is 1.92. The number of fused-ring (bicyclic) bond motifs is 1. The standard InChI is InChI=1S/C20H21NO3/c1-3-21(4-2)19(22)15-10-11-17-16(12-15)13-18(24-20(17)23)14-8-6-5-7-9-14/h5-12,18H,3-4,13H2,1-2H3. The van der Waals surface area contributed by atoms with Crippen LogP contribution in [0.1, 0.15) is 51.8 Å². The Kier molecular flexibility index (Phi) is 4.65. The number of amides is 1. The SMILES string of the molecule is CCN(CC)C(=O)c1ccc2c(c1)CC(c1ccccc1)OC2=O. The minimum atomic E-state index is -0.327. The summed E-state index contributed by atoms with van der Waals surface area (Å²) in [5.74, 6) is -0.329. The maximum Gasteiger partial charge on any atom is 0.339 e. The van der Waals surface area contributed by atoms with Crippen LogP contribution < -0.4 is 0 Å². The number of hydrogen-bond acceptors (Lipinski definition) is 3.